The van der Waals surface area contributed by atoms with Crippen LogP contribution >= 0.6 is 0 Å². The molecular formula is C16H20N2O3. The Morgan fingerprint density at radius 3 is 2.76 bits per heavy atom. The first-order chi connectivity index (χ1) is 10.1. The quantitative estimate of drug-likeness (QED) is 0.775. The Hall–Kier alpha value is -2.04. The van der Waals surface area contributed by atoms with E-state index in [4.69, 9.17) is 5.11 Å². The van der Waals surface area contributed by atoms with E-state index in [-0.39, 0.29) is 12.5 Å². The molecule has 1 amide bonds. The maximum atomic E-state index is 12.3. The van der Waals surface area contributed by atoms with Gasteiger partial charge in [0.15, 0.2) is 0 Å². The highest BCUT2D eigenvalue weighted by Crippen LogP contribution is 2.44. The molecule has 5 nitrogen and oxygen atoms in total. The summed E-state index contributed by atoms with van der Waals surface area (Å²) in [6.07, 6.45) is 4.90. The summed E-state index contributed by atoms with van der Waals surface area (Å²) in [4.78, 5) is 22.9. The van der Waals surface area contributed by atoms with E-state index in [9.17, 15) is 9.59 Å². The number of carbonyl (C=O) groups is 2. The average Bonchev–Trinajstić information content (AvgIpc) is 3.08. The first-order valence-corrected chi connectivity index (χ1v) is 7.48. The van der Waals surface area contributed by atoms with Crippen LogP contribution in [0.25, 0.3) is 0 Å². The second-order valence-electron chi connectivity index (χ2n) is 6.08. The molecule has 1 aromatic rings. The SMILES string of the molecule is O=C(O)CNc1cccc(C(=O)N[C@@H]2C[C@H]3CC[C@@H]2C3)c1. The van der Waals surface area contributed by atoms with Gasteiger partial charge in [-0.1, -0.05) is 12.5 Å². The summed E-state index contributed by atoms with van der Waals surface area (Å²) in [7, 11) is 0. The van der Waals surface area contributed by atoms with Crippen molar-refractivity contribution in [2.24, 2.45) is 11.8 Å². The molecule has 0 radical (unpaired) electrons. The summed E-state index contributed by atoms with van der Waals surface area (Å²) in [5, 5.41) is 14.6. The van der Waals surface area contributed by atoms with Crippen LogP contribution in [0.2, 0.25) is 0 Å². The Kier molecular flexibility index (Phi) is 3.82. The number of carboxylic acids is 1. The van der Waals surface area contributed by atoms with Crippen LogP contribution in [0.5, 0.6) is 0 Å². The van der Waals surface area contributed by atoms with Gasteiger partial charge < -0.3 is 15.7 Å². The zero-order valence-corrected chi connectivity index (χ0v) is 11.8. The summed E-state index contributed by atoms with van der Waals surface area (Å²) in [6.45, 7) is -0.155. The Morgan fingerprint density at radius 1 is 1.24 bits per heavy atom. The van der Waals surface area contributed by atoms with Gasteiger partial charge in [0.05, 0.1) is 0 Å². The molecule has 0 heterocycles. The number of amides is 1. The second-order valence-corrected chi connectivity index (χ2v) is 6.08. The number of hydrogen-bond acceptors (Lipinski definition) is 3. The van der Waals surface area contributed by atoms with E-state index in [1.165, 1.54) is 19.3 Å². The Bertz CT molecular complexity index is 558. The molecule has 3 N–H and O–H groups in total. The molecule has 2 saturated carbocycles. The van der Waals surface area contributed by atoms with Crippen molar-refractivity contribution in [3.05, 3.63) is 29.8 Å². The van der Waals surface area contributed by atoms with Crippen LogP contribution in [0.4, 0.5) is 5.69 Å². The first-order valence-electron chi connectivity index (χ1n) is 7.48. The largest absolute Gasteiger partial charge is 0.480 e. The van der Waals surface area contributed by atoms with Crippen LogP contribution in [0.1, 0.15) is 36.0 Å². The fourth-order valence-corrected chi connectivity index (χ4v) is 3.62. The predicted molar refractivity (Wildman–Crippen MR) is 79.3 cm³/mol. The number of carbonyl (C=O) groups excluding carboxylic acids is 1. The molecule has 112 valence electrons. The lowest BCUT2D eigenvalue weighted by Gasteiger charge is -2.23. The number of aliphatic carboxylic acids is 1. The van der Waals surface area contributed by atoms with Crippen LogP contribution < -0.4 is 10.6 Å². The van der Waals surface area contributed by atoms with Gasteiger partial charge >= 0.3 is 5.97 Å². The molecule has 0 aliphatic heterocycles. The van der Waals surface area contributed by atoms with Crippen molar-refractivity contribution in [3.63, 3.8) is 0 Å². The molecule has 2 fully saturated rings. The molecule has 21 heavy (non-hydrogen) atoms. The van der Waals surface area contributed by atoms with Crippen LogP contribution in [0, 0.1) is 11.8 Å². The van der Waals surface area contributed by atoms with E-state index in [2.05, 4.69) is 10.6 Å². The Balaban J connectivity index is 1.61. The molecule has 5 heteroatoms. The van der Waals surface area contributed by atoms with Crippen LogP contribution in [0.3, 0.4) is 0 Å². The molecule has 2 bridgehead atoms. The van der Waals surface area contributed by atoms with Crippen molar-refractivity contribution in [2.45, 2.75) is 31.7 Å². The minimum absolute atomic E-state index is 0.0634. The third-order valence-corrected chi connectivity index (χ3v) is 4.62. The molecule has 2 aliphatic rings. The molecule has 3 rings (SSSR count). The van der Waals surface area contributed by atoms with Crippen LogP contribution in [-0.4, -0.2) is 29.6 Å². The minimum atomic E-state index is -0.924. The highest BCUT2D eigenvalue weighted by molar-refractivity contribution is 5.95. The Morgan fingerprint density at radius 2 is 2.10 bits per heavy atom. The van der Waals surface area contributed by atoms with Gasteiger partial charge in [0.2, 0.25) is 0 Å². The summed E-state index contributed by atoms with van der Waals surface area (Å²) < 4.78 is 0. The smallest absolute Gasteiger partial charge is 0.322 e. The Labute approximate surface area is 123 Å². The molecule has 1 aromatic carbocycles. The highest BCUT2D eigenvalue weighted by atomic mass is 16.4. The van der Waals surface area contributed by atoms with Gasteiger partial charge in [-0.25, -0.2) is 0 Å². The lowest BCUT2D eigenvalue weighted by molar-refractivity contribution is -0.134. The van der Waals surface area contributed by atoms with Crippen LogP contribution in [0.15, 0.2) is 24.3 Å². The fourth-order valence-electron chi connectivity index (χ4n) is 3.62. The summed E-state index contributed by atoms with van der Waals surface area (Å²) in [5.74, 6) is 0.453. The van der Waals surface area contributed by atoms with Gasteiger partial charge in [-0.15, -0.1) is 0 Å². The third-order valence-electron chi connectivity index (χ3n) is 4.62. The normalized spacial score (nSPS) is 26.6. The average molecular weight is 288 g/mol. The monoisotopic (exact) mass is 288 g/mol. The van der Waals surface area contributed by atoms with Gasteiger partial charge in [0.25, 0.3) is 5.91 Å². The van der Waals surface area contributed by atoms with Crippen molar-refractivity contribution in [2.75, 3.05) is 11.9 Å². The van der Waals surface area contributed by atoms with E-state index in [0.717, 1.165) is 12.3 Å². The second kappa shape index (κ2) is 5.76. The summed E-state index contributed by atoms with van der Waals surface area (Å²) >= 11 is 0. The van der Waals surface area contributed by atoms with Crippen molar-refractivity contribution >= 4 is 17.6 Å². The number of anilines is 1. The molecule has 3 atom stereocenters. The number of nitrogens with one attached hydrogen (secondary N) is 2. The van der Waals surface area contributed by atoms with Gasteiger partial charge in [0, 0.05) is 17.3 Å². The maximum Gasteiger partial charge on any atom is 0.322 e. The summed E-state index contributed by atoms with van der Waals surface area (Å²) in [5.41, 5.74) is 1.23. The van der Waals surface area contributed by atoms with Crippen LogP contribution in [-0.2, 0) is 4.79 Å². The lowest BCUT2D eigenvalue weighted by atomic mass is 9.95. The topological polar surface area (TPSA) is 78.4 Å². The number of benzene rings is 1. The van der Waals surface area contributed by atoms with Crippen molar-refractivity contribution in [1.29, 1.82) is 0 Å². The lowest BCUT2D eigenvalue weighted by Crippen LogP contribution is -2.38. The zero-order valence-electron chi connectivity index (χ0n) is 11.8. The van der Waals surface area contributed by atoms with E-state index >= 15 is 0 Å². The molecule has 0 unspecified atom stereocenters. The molecule has 0 spiro atoms. The van der Waals surface area contributed by atoms with E-state index in [0.29, 0.717) is 23.2 Å². The zero-order chi connectivity index (χ0) is 14.8. The molecular weight excluding hydrogens is 268 g/mol. The van der Waals surface area contributed by atoms with Gasteiger partial charge in [-0.05, 0) is 49.3 Å². The van der Waals surface area contributed by atoms with Gasteiger partial charge in [-0.3, -0.25) is 9.59 Å². The number of rotatable bonds is 5. The number of fused-ring (bicyclic) bond motifs is 2. The van der Waals surface area contributed by atoms with Crippen molar-refractivity contribution in [3.8, 4) is 0 Å². The van der Waals surface area contributed by atoms with E-state index in [1.54, 1.807) is 24.3 Å². The molecule has 0 saturated heterocycles. The van der Waals surface area contributed by atoms with Gasteiger partial charge in [-0.2, -0.15) is 0 Å². The maximum absolute atomic E-state index is 12.3. The number of carboxylic acid groups (broad SMARTS) is 1. The minimum Gasteiger partial charge on any atom is -0.480 e. The molecule has 2 aliphatic carbocycles. The number of hydrogen-bond donors (Lipinski definition) is 3. The highest BCUT2D eigenvalue weighted by Gasteiger charge is 2.40. The van der Waals surface area contributed by atoms with E-state index < -0.39 is 5.97 Å². The fraction of sp³-hybridized carbons (Fsp3) is 0.500. The third kappa shape index (κ3) is 3.17. The standard InChI is InChI=1S/C16H20N2O3/c19-15(20)9-17-13-3-1-2-12(8-13)16(21)18-14-7-10-4-5-11(14)6-10/h1-3,8,10-11,14,17H,4-7,9H2,(H,18,21)(H,19,20)/t10-,11+,14+/m0/s1. The van der Waals surface area contributed by atoms with Gasteiger partial charge in [0.1, 0.15) is 6.54 Å². The molecule has 0 aromatic heterocycles. The van der Waals surface area contributed by atoms with Crippen molar-refractivity contribution in [1.82, 2.24) is 5.32 Å². The van der Waals surface area contributed by atoms with E-state index in [1.807, 2.05) is 0 Å². The van der Waals surface area contributed by atoms with Crippen molar-refractivity contribution < 1.29 is 14.7 Å². The predicted octanol–water partition coefficient (Wildman–Crippen LogP) is 2.10. The first kappa shape index (κ1) is 13.9. The summed E-state index contributed by atoms with van der Waals surface area (Å²) in [6, 6.07) is 7.30.